The third kappa shape index (κ3) is 3.84. The maximum Gasteiger partial charge on any atom is 0.416 e. The van der Waals surface area contributed by atoms with E-state index in [1.165, 1.54) is 12.1 Å². The van der Waals surface area contributed by atoms with Crippen molar-refractivity contribution in [3.8, 4) is 0 Å². The highest BCUT2D eigenvalue weighted by atomic mass is 19.4. The molecule has 0 aliphatic rings. The fraction of sp³-hybridized carbons (Fsp3) is 0.357. The van der Waals surface area contributed by atoms with E-state index >= 15 is 0 Å². The molecule has 0 saturated heterocycles. The number of imidazole rings is 1. The van der Waals surface area contributed by atoms with Crippen molar-refractivity contribution >= 4 is 0 Å². The van der Waals surface area contributed by atoms with Crippen LogP contribution in [0.3, 0.4) is 0 Å². The zero-order valence-electron chi connectivity index (χ0n) is 11.0. The minimum atomic E-state index is -4.30. The van der Waals surface area contributed by atoms with Gasteiger partial charge in [-0.25, -0.2) is 4.98 Å². The van der Waals surface area contributed by atoms with Gasteiger partial charge in [0, 0.05) is 31.4 Å². The lowest BCUT2D eigenvalue weighted by atomic mass is 10.0. The monoisotopic (exact) mass is 283 g/mol. The average molecular weight is 283 g/mol. The largest absolute Gasteiger partial charge is 0.416 e. The van der Waals surface area contributed by atoms with E-state index in [1.54, 1.807) is 18.5 Å². The molecule has 1 aromatic heterocycles. The zero-order valence-corrected chi connectivity index (χ0v) is 11.0. The molecule has 3 nitrogen and oxygen atoms in total. The van der Waals surface area contributed by atoms with Gasteiger partial charge in [-0.2, -0.15) is 13.2 Å². The molecule has 2 N–H and O–H groups in total. The number of nitrogens with one attached hydrogen (secondary N) is 2. The number of halogens is 3. The summed E-state index contributed by atoms with van der Waals surface area (Å²) < 4.78 is 37.9. The van der Waals surface area contributed by atoms with Gasteiger partial charge in [0.05, 0.1) is 5.56 Å². The lowest BCUT2D eigenvalue weighted by Gasteiger charge is -2.15. The van der Waals surface area contributed by atoms with Gasteiger partial charge in [-0.05, 0) is 24.6 Å². The fourth-order valence-electron chi connectivity index (χ4n) is 1.94. The summed E-state index contributed by atoms with van der Waals surface area (Å²) in [7, 11) is 0. The minimum Gasteiger partial charge on any atom is -0.349 e. The molecule has 0 radical (unpaired) electrons. The number of aromatic amines is 1. The number of benzene rings is 1. The van der Waals surface area contributed by atoms with Crippen LogP contribution in [0.5, 0.6) is 0 Å². The molecule has 20 heavy (non-hydrogen) atoms. The highest BCUT2D eigenvalue weighted by Gasteiger charge is 2.30. The van der Waals surface area contributed by atoms with Crippen LogP contribution < -0.4 is 5.32 Å². The molecule has 1 atom stereocenters. The van der Waals surface area contributed by atoms with E-state index < -0.39 is 11.7 Å². The lowest BCUT2D eigenvalue weighted by molar-refractivity contribution is -0.137. The van der Waals surface area contributed by atoms with Gasteiger partial charge >= 0.3 is 6.18 Å². The molecule has 0 saturated carbocycles. The maximum absolute atomic E-state index is 12.6. The number of alkyl halides is 3. The molecule has 108 valence electrons. The first-order chi connectivity index (χ1) is 9.47. The lowest BCUT2D eigenvalue weighted by Crippen LogP contribution is -2.22. The number of H-pyrrole nitrogens is 1. The predicted octanol–water partition coefficient (Wildman–Crippen LogP) is 3.32. The van der Waals surface area contributed by atoms with Crippen molar-refractivity contribution in [1.82, 2.24) is 15.3 Å². The van der Waals surface area contributed by atoms with Gasteiger partial charge < -0.3 is 10.3 Å². The van der Waals surface area contributed by atoms with Gasteiger partial charge in [0.1, 0.15) is 5.82 Å². The van der Waals surface area contributed by atoms with Crippen LogP contribution in [0.25, 0.3) is 0 Å². The molecule has 2 rings (SSSR count). The number of hydrogen-bond acceptors (Lipinski definition) is 2. The van der Waals surface area contributed by atoms with Gasteiger partial charge in [0.2, 0.25) is 0 Å². The molecule has 6 heteroatoms. The van der Waals surface area contributed by atoms with Gasteiger partial charge in [0.15, 0.2) is 0 Å². The minimum absolute atomic E-state index is 0.146. The number of hydrogen-bond donors (Lipinski definition) is 2. The van der Waals surface area contributed by atoms with Crippen molar-refractivity contribution in [2.24, 2.45) is 0 Å². The Bertz CT molecular complexity index is 535. The summed E-state index contributed by atoms with van der Waals surface area (Å²) in [4.78, 5) is 7.07. The van der Waals surface area contributed by atoms with E-state index in [4.69, 9.17) is 0 Å². The molecule has 0 spiro atoms. The maximum atomic E-state index is 12.6. The SMILES string of the molecule is CC(NCCc1ncc[nH]1)c1cccc(C(F)(F)F)c1. The first-order valence-electron chi connectivity index (χ1n) is 6.35. The third-order valence-corrected chi connectivity index (χ3v) is 3.08. The van der Waals surface area contributed by atoms with Crippen LogP contribution in [0.15, 0.2) is 36.7 Å². The number of rotatable bonds is 5. The summed E-state index contributed by atoms with van der Waals surface area (Å²) in [6.07, 6.45) is -0.183. The van der Waals surface area contributed by atoms with Crippen molar-refractivity contribution in [2.75, 3.05) is 6.54 Å². The molecule has 0 aliphatic heterocycles. The quantitative estimate of drug-likeness (QED) is 0.883. The molecule has 1 heterocycles. The smallest absolute Gasteiger partial charge is 0.349 e. The summed E-state index contributed by atoms with van der Waals surface area (Å²) in [5, 5.41) is 3.19. The Hall–Kier alpha value is -1.82. The van der Waals surface area contributed by atoms with Crippen LogP contribution >= 0.6 is 0 Å². The Morgan fingerprint density at radius 1 is 1.35 bits per heavy atom. The van der Waals surface area contributed by atoms with Crippen molar-refractivity contribution in [2.45, 2.75) is 25.6 Å². The second-order valence-electron chi connectivity index (χ2n) is 4.58. The molecular weight excluding hydrogens is 267 g/mol. The Morgan fingerprint density at radius 2 is 2.15 bits per heavy atom. The summed E-state index contributed by atoms with van der Waals surface area (Å²) in [6.45, 7) is 2.49. The first kappa shape index (κ1) is 14.6. The summed E-state index contributed by atoms with van der Waals surface area (Å²) in [5.74, 6) is 0.855. The number of nitrogens with zero attached hydrogens (tertiary/aromatic N) is 1. The molecule has 0 aliphatic carbocycles. The van der Waals surface area contributed by atoms with Gasteiger partial charge in [-0.3, -0.25) is 0 Å². The summed E-state index contributed by atoms with van der Waals surface area (Å²) >= 11 is 0. The van der Waals surface area contributed by atoms with Crippen LogP contribution in [0, 0.1) is 0 Å². The molecule has 0 fully saturated rings. The van der Waals surface area contributed by atoms with Gasteiger partial charge in [-0.15, -0.1) is 0 Å². The normalized spacial score (nSPS) is 13.4. The standard InChI is InChI=1S/C14H16F3N3/c1-10(18-6-5-13-19-7-8-20-13)11-3-2-4-12(9-11)14(15,16)17/h2-4,7-10,18H,5-6H2,1H3,(H,19,20). The van der Waals surface area contributed by atoms with Crippen molar-refractivity contribution < 1.29 is 13.2 Å². The van der Waals surface area contributed by atoms with Crippen LogP contribution in [-0.2, 0) is 12.6 Å². The summed E-state index contributed by atoms with van der Waals surface area (Å²) in [5.41, 5.74) is 0.00829. The molecule has 2 aromatic rings. The predicted molar refractivity (Wildman–Crippen MR) is 70.2 cm³/mol. The van der Waals surface area contributed by atoms with Gasteiger partial charge in [0.25, 0.3) is 0 Å². The van der Waals surface area contributed by atoms with E-state index in [9.17, 15) is 13.2 Å². The highest BCUT2D eigenvalue weighted by molar-refractivity contribution is 5.27. The van der Waals surface area contributed by atoms with Crippen LogP contribution in [-0.4, -0.2) is 16.5 Å². The van der Waals surface area contributed by atoms with E-state index in [0.29, 0.717) is 18.5 Å². The van der Waals surface area contributed by atoms with Crippen molar-refractivity contribution in [1.29, 1.82) is 0 Å². The topological polar surface area (TPSA) is 40.7 Å². The fourth-order valence-corrected chi connectivity index (χ4v) is 1.94. The van der Waals surface area contributed by atoms with E-state index in [1.807, 2.05) is 6.92 Å². The molecule has 0 amide bonds. The average Bonchev–Trinajstić information content (AvgIpc) is 2.91. The van der Waals surface area contributed by atoms with Crippen LogP contribution in [0.4, 0.5) is 13.2 Å². The zero-order chi connectivity index (χ0) is 14.6. The van der Waals surface area contributed by atoms with Crippen molar-refractivity contribution in [3.63, 3.8) is 0 Å². The van der Waals surface area contributed by atoms with E-state index in [0.717, 1.165) is 11.9 Å². The summed E-state index contributed by atoms with van der Waals surface area (Å²) in [6, 6.07) is 5.25. The highest BCUT2D eigenvalue weighted by Crippen LogP contribution is 2.30. The Kier molecular flexibility index (Phi) is 4.44. The second kappa shape index (κ2) is 6.09. The Morgan fingerprint density at radius 3 is 2.80 bits per heavy atom. The third-order valence-electron chi connectivity index (χ3n) is 3.08. The van der Waals surface area contributed by atoms with E-state index in [-0.39, 0.29) is 6.04 Å². The molecular formula is C14H16F3N3. The second-order valence-corrected chi connectivity index (χ2v) is 4.58. The van der Waals surface area contributed by atoms with Gasteiger partial charge in [-0.1, -0.05) is 12.1 Å². The number of aromatic nitrogens is 2. The first-order valence-corrected chi connectivity index (χ1v) is 6.35. The molecule has 1 aromatic carbocycles. The van der Waals surface area contributed by atoms with Crippen LogP contribution in [0.2, 0.25) is 0 Å². The Balaban J connectivity index is 1.93. The molecule has 1 unspecified atom stereocenters. The van der Waals surface area contributed by atoms with E-state index in [2.05, 4.69) is 15.3 Å². The Labute approximate surface area is 115 Å². The van der Waals surface area contributed by atoms with Crippen molar-refractivity contribution in [3.05, 3.63) is 53.6 Å². The molecule has 0 bridgehead atoms. The van der Waals surface area contributed by atoms with Crippen LogP contribution in [0.1, 0.15) is 29.9 Å².